The Bertz CT molecular complexity index is 173. The van der Waals surface area contributed by atoms with Crippen molar-refractivity contribution in [1.29, 1.82) is 0 Å². The molecule has 12 heavy (non-hydrogen) atoms. The molecule has 1 amide bonds. The molecule has 1 aliphatic heterocycles. The van der Waals surface area contributed by atoms with Crippen molar-refractivity contribution in [3.05, 3.63) is 0 Å². The largest absolute Gasteiger partial charge is 0.356 e. The molecular formula is C10H17NO. The van der Waals surface area contributed by atoms with Gasteiger partial charge >= 0.3 is 0 Å². The Labute approximate surface area is 73.7 Å². The molecular weight excluding hydrogens is 150 g/mol. The van der Waals surface area contributed by atoms with Crippen molar-refractivity contribution in [2.24, 2.45) is 11.8 Å². The maximum absolute atomic E-state index is 11.1. The SMILES string of the molecule is O=C1CC(C2CCCC2)CCN1. The van der Waals surface area contributed by atoms with Crippen molar-refractivity contribution >= 4 is 5.91 Å². The van der Waals surface area contributed by atoms with Gasteiger partial charge in [0.25, 0.3) is 0 Å². The van der Waals surface area contributed by atoms with E-state index in [1.807, 2.05) is 0 Å². The van der Waals surface area contributed by atoms with Gasteiger partial charge in [0.15, 0.2) is 0 Å². The first-order valence-corrected chi connectivity index (χ1v) is 5.13. The molecule has 0 spiro atoms. The molecule has 0 bridgehead atoms. The topological polar surface area (TPSA) is 29.1 Å². The Morgan fingerprint density at radius 3 is 2.50 bits per heavy atom. The first kappa shape index (κ1) is 8.09. The fraction of sp³-hybridized carbons (Fsp3) is 0.900. The standard InChI is InChI=1S/C10H17NO/c12-10-7-9(5-6-11-10)8-3-1-2-4-8/h8-9H,1-7H2,(H,11,12). The summed E-state index contributed by atoms with van der Waals surface area (Å²) >= 11 is 0. The van der Waals surface area contributed by atoms with Crippen molar-refractivity contribution in [1.82, 2.24) is 5.32 Å². The van der Waals surface area contributed by atoms with Crippen LogP contribution in [-0.2, 0) is 4.79 Å². The third kappa shape index (κ3) is 1.62. The van der Waals surface area contributed by atoms with Gasteiger partial charge in [-0.2, -0.15) is 0 Å². The van der Waals surface area contributed by atoms with Crippen LogP contribution in [-0.4, -0.2) is 12.5 Å². The molecule has 2 aliphatic rings. The molecule has 2 nitrogen and oxygen atoms in total. The first-order chi connectivity index (χ1) is 5.86. The fourth-order valence-corrected chi connectivity index (χ4v) is 2.64. The van der Waals surface area contributed by atoms with E-state index in [1.54, 1.807) is 0 Å². The molecule has 2 rings (SSSR count). The molecule has 2 fully saturated rings. The van der Waals surface area contributed by atoms with Crippen molar-refractivity contribution in [2.45, 2.75) is 38.5 Å². The number of amides is 1. The molecule has 1 heterocycles. The zero-order valence-electron chi connectivity index (χ0n) is 7.51. The fourth-order valence-electron chi connectivity index (χ4n) is 2.64. The summed E-state index contributed by atoms with van der Waals surface area (Å²) in [5, 5.41) is 2.90. The summed E-state index contributed by atoms with van der Waals surface area (Å²) in [6.07, 6.45) is 7.54. The highest BCUT2D eigenvalue weighted by atomic mass is 16.1. The van der Waals surface area contributed by atoms with Crippen LogP contribution in [0.3, 0.4) is 0 Å². The van der Waals surface area contributed by atoms with Crippen LogP contribution in [0.1, 0.15) is 38.5 Å². The number of carbonyl (C=O) groups is 1. The molecule has 1 atom stereocenters. The van der Waals surface area contributed by atoms with Crippen LogP contribution < -0.4 is 5.32 Å². The van der Waals surface area contributed by atoms with Crippen molar-refractivity contribution < 1.29 is 4.79 Å². The van der Waals surface area contributed by atoms with E-state index in [-0.39, 0.29) is 5.91 Å². The summed E-state index contributed by atoms with van der Waals surface area (Å²) in [6, 6.07) is 0. The molecule has 1 aliphatic carbocycles. The molecule has 1 saturated heterocycles. The average Bonchev–Trinajstić information content (AvgIpc) is 2.56. The lowest BCUT2D eigenvalue weighted by Crippen LogP contribution is -2.35. The molecule has 68 valence electrons. The second-order valence-electron chi connectivity index (χ2n) is 4.15. The second kappa shape index (κ2) is 3.46. The molecule has 1 saturated carbocycles. The summed E-state index contributed by atoms with van der Waals surface area (Å²) < 4.78 is 0. The van der Waals surface area contributed by atoms with Crippen LogP contribution in [0, 0.1) is 11.8 Å². The van der Waals surface area contributed by atoms with E-state index in [0.717, 1.165) is 18.9 Å². The maximum atomic E-state index is 11.1. The number of piperidine rings is 1. The summed E-state index contributed by atoms with van der Waals surface area (Å²) in [4.78, 5) is 11.1. The Morgan fingerprint density at radius 1 is 1.08 bits per heavy atom. The van der Waals surface area contributed by atoms with E-state index >= 15 is 0 Å². The molecule has 1 N–H and O–H groups in total. The van der Waals surface area contributed by atoms with Crippen LogP contribution in [0.2, 0.25) is 0 Å². The summed E-state index contributed by atoms with van der Waals surface area (Å²) in [7, 11) is 0. The smallest absolute Gasteiger partial charge is 0.220 e. The minimum Gasteiger partial charge on any atom is -0.356 e. The molecule has 0 radical (unpaired) electrons. The van der Waals surface area contributed by atoms with Gasteiger partial charge in [-0.15, -0.1) is 0 Å². The van der Waals surface area contributed by atoms with Gasteiger partial charge in [-0.05, 0) is 18.3 Å². The summed E-state index contributed by atoms with van der Waals surface area (Å²) in [5.74, 6) is 1.86. The normalized spacial score (nSPS) is 32.0. The van der Waals surface area contributed by atoms with E-state index in [0.29, 0.717) is 5.92 Å². The van der Waals surface area contributed by atoms with Gasteiger partial charge in [-0.3, -0.25) is 4.79 Å². The maximum Gasteiger partial charge on any atom is 0.220 e. The molecule has 2 heteroatoms. The minimum absolute atomic E-state index is 0.276. The van der Waals surface area contributed by atoms with Crippen LogP contribution in [0.25, 0.3) is 0 Å². The minimum atomic E-state index is 0.276. The Hall–Kier alpha value is -0.530. The summed E-state index contributed by atoms with van der Waals surface area (Å²) in [6.45, 7) is 0.917. The summed E-state index contributed by atoms with van der Waals surface area (Å²) in [5.41, 5.74) is 0. The number of nitrogens with one attached hydrogen (secondary N) is 1. The van der Waals surface area contributed by atoms with Gasteiger partial charge in [0, 0.05) is 13.0 Å². The lowest BCUT2D eigenvalue weighted by Gasteiger charge is -2.26. The zero-order chi connectivity index (χ0) is 8.39. The number of hydrogen-bond acceptors (Lipinski definition) is 1. The predicted molar refractivity (Wildman–Crippen MR) is 47.7 cm³/mol. The van der Waals surface area contributed by atoms with Gasteiger partial charge in [0.05, 0.1) is 0 Å². The number of carbonyl (C=O) groups excluding carboxylic acids is 1. The van der Waals surface area contributed by atoms with E-state index in [9.17, 15) is 4.79 Å². The van der Waals surface area contributed by atoms with Crippen molar-refractivity contribution in [3.8, 4) is 0 Å². The molecule has 0 aromatic heterocycles. The van der Waals surface area contributed by atoms with Crippen molar-refractivity contribution in [3.63, 3.8) is 0 Å². The van der Waals surface area contributed by atoms with Crippen LogP contribution in [0.5, 0.6) is 0 Å². The van der Waals surface area contributed by atoms with Crippen LogP contribution in [0.15, 0.2) is 0 Å². The highest BCUT2D eigenvalue weighted by Crippen LogP contribution is 2.35. The molecule has 0 aromatic carbocycles. The number of hydrogen-bond donors (Lipinski definition) is 1. The van der Waals surface area contributed by atoms with Gasteiger partial charge in [0.1, 0.15) is 0 Å². The highest BCUT2D eigenvalue weighted by molar-refractivity contribution is 5.76. The van der Waals surface area contributed by atoms with Gasteiger partial charge in [-0.25, -0.2) is 0 Å². The Morgan fingerprint density at radius 2 is 1.83 bits per heavy atom. The third-order valence-electron chi connectivity index (χ3n) is 3.35. The van der Waals surface area contributed by atoms with Crippen molar-refractivity contribution in [2.75, 3.05) is 6.54 Å². The first-order valence-electron chi connectivity index (χ1n) is 5.13. The van der Waals surface area contributed by atoms with Crippen LogP contribution >= 0.6 is 0 Å². The monoisotopic (exact) mass is 167 g/mol. The Kier molecular flexibility index (Phi) is 2.33. The van der Waals surface area contributed by atoms with Gasteiger partial charge in [0.2, 0.25) is 5.91 Å². The number of rotatable bonds is 1. The molecule has 1 unspecified atom stereocenters. The third-order valence-corrected chi connectivity index (χ3v) is 3.35. The quantitative estimate of drug-likeness (QED) is 0.632. The lowest BCUT2D eigenvalue weighted by atomic mass is 9.83. The Balaban J connectivity index is 1.89. The average molecular weight is 167 g/mol. The van der Waals surface area contributed by atoms with Gasteiger partial charge in [-0.1, -0.05) is 25.7 Å². The van der Waals surface area contributed by atoms with E-state index in [4.69, 9.17) is 0 Å². The van der Waals surface area contributed by atoms with Crippen LogP contribution in [0.4, 0.5) is 0 Å². The van der Waals surface area contributed by atoms with E-state index < -0.39 is 0 Å². The van der Waals surface area contributed by atoms with Gasteiger partial charge < -0.3 is 5.32 Å². The lowest BCUT2D eigenvalue weighted by molar-refractivity contribution is -0.124. The predicted octanol–water partition coefficient (Wildman–Crippen LogP) is 1.70. The van der Waals surface area contributed by atoms with E-state index in [2.05, 4.69) is 5.32 Å². The van der Waals surface area contributed by atoms with E-state index in [1.165, 1.54) is 32.1 Å². The second-order valence-corrected chi connectivity index (χ2v) is 4.15. The molecule has 0 aromatic rings. The zero-order valence-corrected chi connectivity index (χ0v) is 7.51. The highest BCUT2D eigenvalue weighted by Gasteiger charge is 2.28.